The first kappa shape index (κ1) is 18.8. The molecule has 1 aromatic carbocycles. The van der Waals surface area contributed by atoms with E-state index in [4.69, 9.17) is 11.6 Å². The van der Waals surface area contributed by atoms with E-state index in [0.717, 1.165) is 11.8 Å². The van der Waals surface area contributed by atoms with Gasteiger partial charge in [0.1, 0.15) is 0 Å². The fraction of sp³-hybridized carbons (Fsp3) is 0.200. The lowest BCUT2D eigenvalue weighted by molar-refractivity contribution is 0.0843. The number of rotatable bonds is 4. The van der Waals surface area contributed by atoms with Crippen molar-refractivity contribution in [3.05, 3.63) is 52.3 Å². The van der Waals surface area contributed by atoms with Crippen molar-refractivity contribution >= 4 is 33.3 Å². The first-order chi connectivity index (χ1) is 11.7. The Hall–Kier alpha value is -2.52. The second-order valence-corrected chi connectivity index (χ2v) is 7.61. The van der Waals surface area contributed by atoms with Crippen molar-refractivity contribution in [2.45, 2.75) is 19.0 Å². The van der Waals surface area contributed by atoms with Gasteiger partial charge in [-0.2, -0.15) is 0 Å². The summed E-state index contributed by atoms with van der Waals surface area (Å²) >= 11 is 5.84. The normalized spacial score (nSPS) is 11.0. The average molecular weight is 383 g/mol. The Morgan fingerprint density at radius 1 is 1.12 bits per heavy atom. The summed E-state index contributed by atoms with van der Waals surface area (Å²) in [7, 11) is -3.70. The number of benzene rings is 1. The SMILES string of the molecule is CCS(=O)(=O)c1ncc(Cl)c(C(=O)NNC(=O)c2ccc(C)cc2)n1. The van der Waals surface area contributed by atoms with Crippen LogP contribution in [0.2, 0.25) is 5.02 Å². The van der Waals surface area contributed by atoms with E-state index in [1.54, 1.807) is 24.3 Å². The zero-order chi connectivity index (χ0) is 18.6. The van der Waals surface area contributed by atoms with E-state index in [9.17, 15) is 18.0 Å². The maximum absolute atomic E-state index is 12.1. The Kier molecular flexibility index (Phi) is 5.70. The molecule has 0 unspecified atom stereocenters. The van der Waals surface area contributed by atoms with Crippen molar-refractivity contribution in [1.29, 1.82) is 0 Å². The van der Waals surface area contributed by atoms with E-state index < -0.39 is 26.8 Å². The summed E-state index contributed by atoms with van der Waals surface area (Å²) in [6.07, 6.45) is 1.02. The number of aromatic nitrogens is 2. The number of carbonyl (C=O) groups excluding carboxylic acids is 2. The third kappa shape index (κ3) is 4.52. The monoisotopic (exact) mass is 382 g/mol. The second-order valence-electron chi connectivity index (χ2n) is 5.03. The third-order valence-corrected chi connectivity index (χ3v) is 4.99. The molecule has 0 radical (unpaired) electrons. The summed E-state index contributed by atoms with van der Waals surface area (Å²) in [5.74, 6) is -1.62. The van der Waals surface area contributed by atoms with Crippen LogP contribution in [0.5, 0.6) is 0 Å². The van der Waals surface area contributed by atoms with Crippen LogP contribution in [0.4, 0.5) is 0 Å². The number of hydrazine groups is 1. The fourth-order valence-corrected chi connectivity index (χ4v) is 2.62. The van der Waals surface area contributed by atoms with Gasteiger partial charge in [0.15, 0.2) is 5.69 Å². The Bertz CT molecular complexity index is 914. The number of carbonyl (C=O) groups is 2. The van der Waals surface area contributed by atoms with E-state index in [1.165, 1.54) is 6.92 Å². The lowest BCUT2D eigenvalue weighted by atomic mass is 10.1. The summed E-state index contributed by atoms with van der Waals surface area (Å²) in [5, 5.41) is -0.647. The third-order valence-electron chi connectivity index (χ3n) is 3.20. The molecule has 25 heavy (non-hydrogen) atoms. The second kappa shape index (κ2) is 7.58. The number of aryl methyl sites for hydroxylation is 1. The Labute approximate surface area is 149 Å². The molecule has 2 amide bonds. The maximum Gasteiger partial charge on any atom is 0.290 e. The molecule has 0 fully saturated rings. The van der Waals surface area contributed by atoms with Crippen LogP contribution in [0, 0.1) is 6.92 Å². The van der Waals surface area contributed by atoms with Crippen LogP contribution < -0.4 is 10.9 Å². The minimum absolute atomic E-state index is 0.142. The van der Waals surface area contributed by atoms with Gasteiger partial charge in [-0.1, -0.05) is 36.2 Å². The number of hydrogen-bond acceptors (Lipinski definition) is 6. The number of nitrogens with one attached hydrogen (secondary N) is 2. The molecule has 2 aromatic rings. The van der Waals surface area contributed by atoms with Gasteiger partial charge in [-0.15, -0.1) is 0 Å². The molecule has 0 saturated carbocycles. The van der Waals surface area contributed by atoms with Crippen molar-refractivity contribution in [3.8, 4) is 0 Å². The van der Waals surface area contributed by atoms with Gasteiger partial charge in [0.05, 0.1) is 17.0 Å². The van der Waals surface area contributed by atoms with Crippen LogP contribution in [0.1, 0.15) is 33.3 Å². The minimum atomic E-state index is -3.70. The molecule has 8 nitrogen and oxygen atoms in total. The van der Waals surface area contributed by atoms with Gasteiger partial charge < -0.3 is 0 Å². The summed E-state index contributed by atoms with van der Waals surface area (Å²) < 4.78 is 23.6. The van der Waals surface area contributed by atoms with E-state index in [1.807, 2.05) is 6.92 Å². The van der Waals surface area contributed by atoms with Crippen molar-refractivity contribution in [2.24, 2.45) is 0 Å². The van der Waals surface area contributed by atoms with Crippen LogP contribution in [-0.2, 0) is 9.84 Å². The van der Waals surface area contributed by atoms with Crippen molar-refractivity contribution < 1.29 is 18.0 Å². The van der Waals surface area contributed by atoms with E-state index in [-0.39, 0.29) is 16.5 Å². The molecule has 10 heteroatoms. The van der Waals surface area contributed by atoms with Gasteiger partial charge in [-0.25, -0.2) is 18.4 Å². The van der Waals surface area contributed by atoms with Crippen LogP contribution in [0.15, 0.2) is 35.6 Å². The van der Waals surface area contributed by atoms with Crippen molar-refractivity contribution in [1.82, 2.24) is 20.8 Å². The minimum Gasteiger partial charge on any atom is -0.267 e. The molecule has 0 bridgehead atoms. The topological polar surface area (TPSA) is 118 Å². The van der Waals surface area contributed by atoms with E-state index in [0.29, 0.717) is 5.56 Å². The molecule has 1 aromatic heterocycles. The summed E-state index contributed by atoms with van der Waals surface area (Å²) in [6, 6.07) is 6.70. The fourth-order valence-electron chi connectivity index (χ4n) is 1.74. The predicted octanol–water partition coefficient (Wildman–Crippen LogP) is 1.31. The highest BCUT2D eigenvalue weighted by molar-refractivity contribution is 7.91. The predicted molar refractivity (Wildman–Crippen MR) is 90.9 cm³/mol. The summed E-state index contributed by atoms with van der Waals surface area (Å²) in [4.78, 5) is 31.4. The van der Waals surface area contributed by atoms with E-state index in [2.05, 4.69) is 20.8 Å². The largest absolute Gasteiger partial charge is 0.290 e. The summed E-state index contributed by atoms with van der Waals surface area (Å²) in [5.41, 5.74) is 5.32. The van der Waals surface area contributed by atoms with E-state index >= 15 is 0 Å². The van der Waals surface area contributed by atoms with Crippen molar-refractivity contribution in [2.75, 3.05) is 5.75 Å². The maximum atomic E-state index is 12.1. The zero-order valence-electron chi connectivity index (χ0n) is 13.4. The first-order valence-electron chi connectivity index (χ1n) is 7.17. The lowest BCUT2D eigenvalue weighted by Gasteiger charge is -2.09. The standard InChI is InChI=1S/C15H15ClN4O4S/c1-3-25(23,24)15-17-8-11(16)12(18-15)14(22)20-19-13(21)10-6-4-9(2)5-7-10/h4-8H,3H2,1-2H3,(H,19,21)(H,20,22). The molecule has 2 N–H and O–H groups in total. The molecular weight excluding hydrogens is 368 g/mol. The van der Waals surface area contributed by atoms with Gasteiger partial charge in [0.25, 0.3) is 11.8 Å². The number of nitrogens with zero attached hydrogens (tertiary/aromatic N) is 2. The molecule has 2 rings (SSSR count). The van der Waals surface area contributed by atoms with Crippen molar-refractivity contribution in [3.63, 3.8) is 0 Å². The van der Waals surface area contributed by atoms with Crippen LogP contribution in [0.3, 0.4) is 0 Å². The highest BCUT2D eigenvalue weighted by Crippen LogP contribution is 2.15. The molecule has 0 aliphatic carbocycles. The molecule has 0 saturated heterocycles. The molecular formula is C15H15ClN4O4S. The smallest absolute Gasteiger partial charge is 0.267 e. The number of amides is 2. The molecule has 0 aliphatic rings. The number of hydrogen-bond donors (Lipinski definition) is 2. The quantitative estimate of drug-likeness (QED) is 0.608. The van der Waals surface area contributed by atoms with Gasteiger partial charge in [-0.05, 0) is 19.1 Å². The Morgan fingerprint density at radius 3 is 2.32 bits per heavy atom. The molecule has 0 atom stereocenters. The highest BCUT2D eigenvalue weighted by Gasteiger charge is 2.21. The highest BCUT2D eigenvalue weighted by atomic mass is 35.5. The lowest BCUT2D eigenvalue weighted by Crippen LogP contribution is -2.42. The van der Waals surface area contributed by atoms with Crippen LogP contribution in [0.25, 0.3) is 0 Å². The van der Waals surface area contributed by atoms with Crippen LogP contribution in [-0.4, -0.2) is 36.0 Å². The zero-order valence-corrected chi connectivity index (χ0v) is 15.0. The Morgan fingerprint density at radius 2 is 1.72 bits per heavy atom. The molecule has 0 aliphatic heterocycles. The molecule has 0 spiro atoms. The Balaban J connectivity index is 2.14. The summed E-state index contributed by atoms with van der Waals surface area (Å²) in [6.45, 7) is 3.30. The average Bonchev–Trinajstić information content (AvgIpc) is 2.60. The number of halogens is 1. The molecule has 132 valence electrons. The van der Waals surface area contributed by atoms with Crippen LogP contribution >= 0.6 is 11.6 Å². The van der Waals surface area contributed by atoms with Gasteiger partial charge >= 0.3 is 0 Å². The number of sulfone groups is 1. The van der Waals surface area contributed by atoms with Gasteiger partial charge in [0.2, 0.25) is 15.0 Å². The van der Waals surface area contributed by atoms with Gasteiger partial charge in [0, 0.05) is 5.56 Å². The molecule has 1 heterocycles. The van der Waals surface area contributed by atoms with Gasteiger partial charge in [-0.3, -0.25) is 20.4 Å². The first-order valence-corrected chi connectivity index (χ1v) is 9.20.